The predicted octanol–water partition coefficient (Wildman–Crippen LogP) is 5.75. The molecule has 0 radical (unpaired) electrons. The van der Waals surface area contributed by atoms with E-state index in [1.165, 1.54) is 43.5 Å². The molecule has 0 unspecified atom stereocenters. The van der Waals surface area contributed by atoms with Gasteiger partial charge in [-0.25, -0.2) is 13.2 Å². The number of anilines is 1. The van der Waals surface area contributed by atoms with E-state index in [-0.39, 0.29) is 40.9 Å². The molecule has 43 heavy (non-hydrogen) atoms. The first-order chi connectivity index (χ1) is 20.6. The monoisotopic (exact) mass is 616 g/mol. The van der Waals surface area contributed by atoms with Crippen molar-refractivity contribution in [3.05, 3.63) is 128 Å². The maximum atomic E-state index is 14.2. The molecule has 4 rings (SSSR count). The molecule has 0 atom stereocenters. The number of non-ortho nitro benzene ring substituents is 1. The van der Waals surface area contributed by atoms with Crippen molar-refractivity contribution in [2.45, 2.75) is 18.0 Å². The van der Waals surface area contributed by atoms with Crippen LogP contribution in [0.25, 0.3) is 0 Å². The van der Waals surface area contributed by atoms with E-state index in [2.05, 4.69) is 0 Å². The van der Waals surface area contributed by atoms with E-state index in [4.69, 9.17) is 31.6 Å². The molecule has 0 aliphatic heterocycles. The molecule has 11 nitrogen and oxygen atoms in total. The molecule has 0 heterocycles. The fourth-order valence-electron chi connectivity index (χ4n) is 3.99. The van der Waals surface area contributed by atoms with E-state index in [0.29, 0.717) is 22.3 Å². The molecule has 216 valence electrons. The smallest absolute Gasteiger partial charge is 0.338 e. The second kappa shape index (κ2) is 13.0. The highest BCUT2D eigenvalue weighted by molar-refractivity contribution is 7.93. The molecule has 0 saturated carbocycles. The Morgan fingerprint density at radius 3 is 2.09 bits per heavy atom. The molecule has 0 aliphatic rings. The third kappa shape index (κ3) is 6.90. The summed E-state index contributed by atoms with van der Waals surface area (Å²) >= 11 is 6.36. The highest BCUT2D eigenvalue weighted by Gasteiger charge is 2.32. The summed E-state index contributed by atoms with van der Waals surface area (Å²) in [5.74, 6) is -0.805. The fourth-order valence-corrected chi connectivity index (χ4v) is 5.95. The summed E-state index contributed by atoms with van der Waals surface area (Å²) in [5, 5.41) is 29.4. The summed E-state index contributed by atoms with van der Waals surface area (Å²) in [7, 11) is -3.32. The van der Waals surface area contributed by atoms with E-state index >= 15 is 0 Å². The number of hydrogen-bond donors (Lipinski definition) is 0. The van der Waals surface area contributed by atoms with Gasteiger partial charge in [-0.05, 0) is 59.7 Å². The van der Waals surface area contributed by atoms with Gasteiger partial charge in [0, 0.05) is 12.1 Å². The van der Waals surface area contributed by atoms with Gasteiger partial charge in [0.1, 0.15) is 22.9 Å². The van der Waals surface area contributed by atoms with Crippen LogP contribution in [0.4, 0.5) is 11.4 Å². The molecule has 4 aromatic rings. The normalized spacial score (nSPS) is 10.7. The zero-order chi connectivity index (χ0) is 31.1. The van der Waals surface area contributed by atoms with Crippen LogP contribution in [0, 0.1) is 32.8 Å². The Morgan fingerprint density at radius 1 is 0.930 bits per heavy atom. The van der Waals surface area contributed by atoms with Crippen molar-refractivity contribution in [1.29, 1.82) is 10.5 Å². The Balaban J connectivity index is 1.75. The number of sulfonamides is 1. The van der Waals surface area contributed by atoms with Crippen LogP contribution in [0.15, 0.2) is 89.8 Å². The number of nitrogens with zero attached hydrogens (tertiary/aromatic N) is 4. The Morgan fingerprint density at radius 2 is 1.53 bits per heavy atom. The molecule has 0 amide bonds. The van der Waals surface area contributed by atoms with Gasteiger partial charge in [-0.15, -0.1) is 0 Å². The first-order valence-corrected chi connectivity index (χ1v) is 14.2. The third-order valence-electron chi connectivity index (χ3n) is 6.24. The lowest BCUT2D eigenvalue weighted by atomic mass is 10.1. The number of methoxy groups -OCH3 is 1. The number of carbonyl (C=O) groups excluding carboxylic acids is 1. The molecule has 0 saturated heterocycles. The first kappa shape index (κ1) is 30.5. The van der Waals surface area contributed by atoms with Gasteiger partial charge in [0.05, 0.1) is 52.4 Å². The Bertz CT molecular complexity index is 1880. The number of ether oxygens (including phenoxy) is 2. The van der Waals surface area contributed by atoms with Crippen molar-refractivity contribution in [3.63, 3.8) is 0 Å². The van der Waals surface area contributed by atoms with Crippen molar-refractivity contribution in [2.75, 3.05) is 11.4 Å². The van der Waals surface area contributed by atoms with Crippen molar-refractivity contribution in [1.82, 2.24) is 0 Å². The number of halogens is 1. The average molecular weight is 617 g/mol. The lowest BCUT2D eigenvalue weighted by molar-refractivity contribution is -0.384. The summed E-state index contributed by atoms with van der Waals surface area (Å²) < 4.78 is 40.0. The molecule has 4 aromatic carbocycles. The van der Waals surface area contributed by atoms with E-state index in [1.807, 2.05) is 12.1 Å². The number of nitriles is 2. The third-order valence-corrected chi connectivity index (χ3v) is 8.48. The van der Waals surface area contributed by atoms with Gasteiger partial charge in [-0.2, -0.15) is 10.5 Å². The van der Waals surface area contributed by atoms with Crippen molar-refractivity contribution in [2.24, 2.45) is 0 Å². The summed E-state index contributed by atoms with van der Waals surface area (Å²) in [6, 6.07) is 23.6. The minimum Gasteiger partial charge on any atom is -0.495 e. The summed E-state index contributed by atoms with van der Waals surface area (Å²) in [6.45, 7) is -0.458. The van der Waals surface area contributed by atoms with Crippen molar-refractivity contribution >= 4 is 39.0 Å². The van der Waals surface area contributed by atoms with Crippen LogP contribution in [0.5, 0.6) is 5.75 Å². The molecule has 0 aliphatic carbocycles. The Hall–Kier alpha value is -5.43. The number of rotatable bonds is 10. The number of nitro groups is 1. The van der Waals surface area contributed by atoms with Crippen LogP contribution in [-0.2, 0) is 27.9 Å². The topological polar surface area (TPSA) is 164 Å². The van der Waals surface area contributed by atoms with Gasteiger partial charge in [0.15, 0.2) is 0 Å². The molecule has 0 spiro atoms. The number of nitro benzene ring substituents is 1. The maximum Gasteiger partial charge on any atom is 0.338 e. The van der Waals surface area contributed by atoms with Gasteiger partial charge < -0.3 is 9.47 Å². The van der Waals surface area contributed by atoms with Gasteiger partial charge in [-0.3, -0.25) is 14.4 Å². The standard InChI is InChI=1S/C30H21ClN4O7S/c1-41-28-13-11-25(35(37)38)15-27(28)34(18-22-6-2-20(16-32)3-7-22)43(39,40)29-14-24(10-12-26(29)31)30(36)42-19-23-8-4-21(17-33)5-9-23/h2-15H,18-19H2,1H3. The largest absolute Gasteiger partial charge is 0.495 e. The van der Waals surface area contributed by atoms with E-state index in [9.17, 15) is 23.3 Å². The maximum absolute atomic E-state index is 14.2. The van der Waals surface area contributed by atoms with Crippen LogP contribution in [0.1, 0.15) is 32.6 Å². The summed E-state index contributed by atoms with van der Waals surface area (Å²) in [4.78, 5) is 23.3. The van der Waals surface area contributed by atoms with Crippen molar-refractivity contribution in [3.8, 4) is 17.9 Å². The van der Waals surface area contributed by atoms with E-state index < -0.39 is 25.8 Å². The number of esters is 1. The Labute approximate surface area is 251 Å². The SMILES string of the molecule is COc1ccc([N+](=O)[O-])cc1N(Cc1ccc(C#N)cc1)S(=O)(=O)c1cc(C(=O)OCc2ccc(C#N)cc2)ccc1Cl. The van der Waals surface area contributed by atoms with E-state index in [0.717, 1.165) is 16.4 Å². The van der Waals surface area contributed by atoms with Crippen LogP contribution < -0.4 is 9.04 Å². The molecular formula is C30H21ClN4O7S. The second-order valence-electron chi connectivity index (χ2n) is 8.96. The van der Waals surface area contributed by atoms with Gasteiger partial charge >= 0.3 is 5.97 Å². The highest BCUT2D eigenvalue weighted by atomic mass is 35.5. The number of benzene rings is 4. The van der Waals surface area contributed by atoms with Gasteiger partial charge in [0.25, 0.3) is 15.7 Å². The van der Waals surface area contributed by atoms with Crippen LogP contribution in [0.2, 0.25) is 5.02 Å². The van der Waals surface area contributed by atoms with Gasteiger partial charge in [-0.1, -0.05) is 35.9 Å². The predicted molar refractivity (Wildman–Crippen MR) is 156 cm³/mol. The fraction of sp³-hybridized carbons (Fsp3) is 0.100. The average Bonchev–Trinajstić information content (AvgIpc) is 3.02. The molecule has 0 N–H and O–H groups in total. The minimum absolute atomic E-state index is 0.0249. The molecule has 13 heteroatoms. The minimum atomic E-state index is -4.61. The quantitative estimate of drug-likeness (QED) is 0.122. The zero-order valence-corrected chi connectivity index (χ0v) is 24.0. The molecule has 0 bridgehead atoms. The Kier molecular flexibility index (Phi) is 9.26. The second-order valence-corrected chi connectivity index (χ2v) is 11.2. The zero-order valence-electron chi connectivity index (χ0n) is 22.4. The molecule has 0 aromatic heterocycles. The molecule has 0 fully saturated rings. The van der Waals surface area contributed by atoms with Crippen LogP contribution >= 0.6 is 11.6 Å². The van der Waals surface area contributed by atoms with Crippen LogP contribution in [-0.4, -0.2) is 26.4 Å². The number of carbonyl (C=O) groups is 1. The highest BCUT2D eigenvalue weighted by Crippen LogP contribution is 2.38. The summed E-state index contributed by atoms with van der Waals surface area (Å²) in [6.07, 6.45) is 0. The van der Waals surface area contributed by atoms with Crippen LogP contribution in [0.3, 0.4) is 0 Å². The summed E-state index contributed by atoms with van der Waals surface area (Å²) in [5.41, 5.74) is 1.20. The lowest BCUT2D eigenvalue weighted by Crippen LogP contribution is -2.31. The van der Waals surface area contributed by atoms with E-state index in [1.54, 1.807) is 36.4 Å². The van der Waals surface area contributed by atoms with Crippen molar-refractivity contribution < 1.29 is 27.6 Å². The van der Waals surface area contributed by atoms with Gasteiger partial charge in [0.2, 0.25) is 0 Å². The first-order valence-electron chi connectivity index (χ1n) is 12.4. The molecular weight excluding hydrogens is 596 g/mol. The lowest BCUT2D eigenvalue weighted by Gasteiger charge is -2.26. The number of hydrogen-bond acceptors (Lipinski definition) is 9.